The molecule has 0 radical (unpaired) electrons. The summed E-state index contributed by atoms with van der Waals surface area (Å²) in [6.07, 6.45) is 14.1. The second kappa shape index (κ2) is 11.9. The lowest BCUT2D eigenvalue weighted by molar-refractivity contribution is 0.0277. The van der Waals surface area contributed by atoms with Crippen LogP contribution in [0.15, 0.2) is 17.4 Å². The van der Waals surface area contributed by atoms with E-state index in [9.17, 15) is 0 Å². The van der Waals surface area contributed by atoms with Crippen LogP contribution in [0.3, 0.4) is 0 Å². The van der Waals surface area contributed by atoms with Gasteiger partial charge in [0.15, 0.2) is 5.96 Å². The fraction of sp³-hybridized carbons (Fsp3) is 0.789. The van der Waals surface area contributed by atoms with Crippen molar-refractivity contribution in [3.05, 3.63) is 18.0 Å². The van der Waals surface area contributed by atoms with E-state index in [1.807, 2.05) is 17.9 Å². The van der Waals surface area contributed by atoms with E-state index in [0.717, 1.165) is 51.5 Å². The molecule has 0 unspecified atom stereocenters. The van der Waals surface area contributed by atoms with Crippen molar-refractivity contribution in [2.24, 2.45) is 12.0 Å². The summed E-state index contributed by atoms with van der Waals surface area (Å²) in [7, 11) is 1.95. The molecule has 25 heavy (non-hydrogen) atoms. The smallest absolute Gasteiger partial charge is 0.191 e. The molecule has 1 aromatic rings. The first kappa shape index (κ1) is 19.8. The van der Waals surface area contributed by atoms with Crippen LogP contribution in [0.2, 0.25) is 0 Å². The molecule has 1 saturated carbocycles. The maximum atomic E-state index is 5.97. The standard InChI is InChI=1S/C19H35N5O/c1-3-20-19(21-12-7-9-17-15-23-24(2)16-17)22-13-8-14-25-18-10-5-4-6-11-18/h15-16,18H,3-14H2,1-2H3,(H2,20,21,22). The molecule has 1 aromatic heterocycles. The molecule has 0 amide bonds. The molecule has 2 rings (SSSR count). The number of nitrogens with zero attached hydrogens (tertiary/aromatic N) is 3. The summed E-state index contributed by atoms with van der Waals surface area (Å²) in [5.41, 5.74) is 1.27. The molecule has 142 valence electrons. The molecular formula is C19H35N5O. The van der Waals surface area contributed by atoms with Crippen LogP contribution in [0.25, 0.3) is 0 Å². The Morgan fingerprint density at radius 1 is 1.28 bits per heavy atom. The third kappa shape index (κ3) is 8.38. The second-order valence-electron chi connectivity index (χ2n) is 6.80. The lowest BCUT2D eigenvalue weighted by Crippen LogP contribution is -2.38. The van der Waals surface area contributed by atoms with Gasteiger partial charge in [0.2, 0.25) is 0 Å². The zero-order valence-electron chi connectivity index (χ0n) is 16.0. The van der Waals surface area contributed by atoms with Gasteiger partial charge in [0, 0.05) is 39.5 Å². The van der Waals surface area contributed by atoms with E-state index in [4.69, 9.17) is 4.74 Å². The molecule has 0 aliphatic heterocycles. The van der Waals surface area contributed by atoms with Crippen molar-refractivity contribution in [1.82, 2.24) is 20.4 Å². The average molecular weight is 350 g/mol. The Bertz CT molecular complexity index is 494. The summed E-state index contributed by atoms with van der Waals surface area (Å²) in [5.74, 6) is 0.909. The van der Waals surface area contributed by atoms with Gasteiger partial charge in [-0.3, -0.25) is 9.67 Å². The van der Waals surface area contributed by atoms with Crippen molar-refractivity contribution in [2.45, 2.75) is 64.4 Å². The van der Waals surface area contributed by atoms with E-state index in [2.05, 4.69) is 33.8 Å². The Kier molecular flexibility index (Phi) is 9.41. The van der Waals surface area contributed by atoms with Crippen molar-refractivity contribution in [3.8, 4) is 0 Å². The van der Waals surface area contributed by atoms with Crippen LogP contribution < -0.4 is 10.6 Å². The minimum Gasteiger partial charge on any atom is -0.378 e. The number of ether oxygens (including phenoxy) is 1. The van der Waals surface area contributed by atoms with E-state index >= 15 is 0 Å². The van der Waals surface area contributed by atoms with Crippen LogP contribution in [-0.2, 0) is 18.2 Å². The van der Waals surface area contributed by atoms with Crippen molar-refractivity contribution >= 4 is 5.96 Å². The monoisotopic (exact) mass is 349 g/mol. The fourth-order valence-corrected chi connectivity index (χ4v) is 3.18. The van der Waals surface area contributed by atoms with Gasteiger partial charge >= 0.3 is 0 Å². The third-order valence-electron chi connectivity index (χ3n) is 4.52. The predicted molar refractivity (Wildman–Crippen MR) is 103 cm³/mol. The fourth-order valence-electron chi connectivity index (χ4n) is 3.18. The first-order chi connectivity index (χ1) is 12.3. The predicted octanol–water partition coefficient (Wildman–Crippen LogP) is 2.65. The molecule has 6 heteroatoms. The van der Waals surface area contributed by atoms with Crippen LogP contribution >= 0.6 is 0 Å². The summed E-state index contributed by atoms with van der Waals surface area (Å²) < 4.78 is 7.81. The number of hydrogen-bond acceptors (Lipinski definition) is 3. The van der Waals surface area contributed by atoms with E-state index in [-0.39, 0.29) is 0 Å². The summed E-state index contributed by atoms with van der Waals surface area (Å²) in [6, 6.07) is 0. The quantitative estimate of drug-likeness (QED) is 0.387. The Morgan fingerprint density at radius 3 is 2.84 bits per heavy atom. The maximum absolute atomic E-state index is 5.97. The number of guanidine groups is 1. The van der Waals surface area contributed by atoms with Gasteiger partial charge in [-0.25, -0.2) is 0 Å². The first-order valence-corrected chi connectivity index (χ1v) is 9.89. The van der Waals surface area contributed by atoms with Gasteiger partial charge in [0.05, 0.1) is 12.3 Å². The highest BCUT2D eigenvalue weighted by atomic mass is 16.5. The van der Waals surface area contributed by atoms with Crippen molar-refractivity contribution < 1.29 is 4.74 Å². The Balaban J connectivity index is 1.56. The molecule has 0 saturated heterocycles. The first-order valence-electron chi connectivity index (χ1n) is 9.89. The van der Waals surface area contributed by atoms with E-state index < -0.39 is 0 Å². The van der Waals surface area contributed by atoms with Crippen molar-refractivity contribution in [2.75, 3.05) is 26.2 Å². The Hall–Kier alpha value is -1.56. The molecule has 0 bridgehead atoms. The van der Waals surface area contributed by atoms with Gasteiger partial charge in [0.25, 0.3) is 0 Å². The molecule has 1 aliphatic rings. The number of hydrogen-bond donors (Lipinski definition) is 2. The molecule has 1 fully saturated rings. The van der Waals surface area contributed by atoms with Gasteiger partial charge in [0.1, 0.15) is 0 Å². The highest BCUT2D eigenvalue weighted by Crippen LogP contribution is 2.20. The van der Waals surface area contributed by atoms with Gasteiger partial charge in [-0.05, 0) is 44.6 Å². The highest BCUT2D eigenvalue weighted by Gasteiger charge is 2.12. The lowest BCUT2D eigenvalue weighted by Gasteiger charge is -2.22. The molecule has 6 nitrogen and oxygen atoms in total. The van der Waals surface area contributed by atoms with Gasteiger partial charge in [-0.15, -0.1) is 0 Å². The number of aromatic nitrogens is 2. The third-order valence-corrected chi connectivity index (χ3v) is 4.52. The van der Waals surface area contributed by atoms with Crippen molar-refractivity contribution in [3.63, 3.8) is 0 Å². The second-order valence-corrected chi connectivity index (χ2v) is 6.80. The van der Waals surface area contributed by atoms with Crippen molar-refractivity contribution in [1.29, 1.82) is 0 Å². The molecule has 2 N–H and O–H groups in total. The molecule has 0 spiro atoms. The largest absolute Gasteiger partial charge is 0.378 e. The van der Waals surface area contributed by atoms with E-state index in [0.29, 0.717) is 6.10 Å². The molecule has 1 heterocycles. The molecule has 0 aromatic carbocycles. The highest BCUT2D eigenvalue weighted by molar-refractivity contribution is 5.79. The van der Waals surface area contributed by atoms with Gasteiger partial charge < -0.3 is 15.4 Å². The lowest BCUT2D eigenvalue weighted by atomic mass is 9.98. The van der Waals surface area contributed by atoms with Crippen LogP contribution in [0.4, 0.5) is 0 Å². The average Bonchev–Trinajstić information content (AvgIpc) is 3.04. The molecule has 0 atom stereocenters. The van der Waals surface area contributed by atoms with E-state index in [1.165, 1.54) is 37.7 Å². The minimum absolute atomic E-state index is 0.503. The zero-order valence-corrected chi connectivity index (χ0v) is 16.0. The zero-order chi connectivity index (χ0) is 17.7. The molecule has 1 aliphatic carbocycles. The number of aliphatic imine (C=N–C) groups is 1. The van der Waals surface area contributed by atoms with Gasteiger partial charge in [-0.1, -0.05) is 19.3 Å². The molecular weight excluding hydrogens is 314 g/mol. The van der Waals surface area contributed by atoms with Crippen LogP contribution in [0.1, 0.15) is 57.4 Å². The number of nitrogens with one attached hydrogen (secondary N) is 2. The number of aryl methyl sites for hydroxylation is 2. The van der Waals surface area contributed by atoms with Crippen LogP contribution in [-0.4, -0.2) is 48.1 Å². The SMILES string of the molecule is CCNC(=NCCCc1cnn(C)c1)NCCCOC1CCCCC1. The summed E-state index contributed by atoms with van der Waals surface area (Å²) in [6.45, 7) is 5.55. The topological polar surface area (TPSA) is 63.5 Å². The summed E-state index contributed by atoms with van der Waals surface area (Å²) in [4.78, 5) is 4.65. The normalized spacial score (nSPS) is 16.2. The van der Waals surface area contributed by atoms with Crippen LogP contribution in [0, 0.1) is 0 Å². The van der Waals surface area contributed by atoms with E-state index in [1.54, 1.807) is 0 Å². The summed E-state index contributed by atoms with van der Waals surface area (Å²) >= 11 is 0. The minimum atomic E-state index is 0.503. The maximum Gasteiger partial charge on any atom is 0.191 e. The summed E-state index contributed by atoms with van der Waals surface area (Å²) in [5, 5.41) is 10.9. The Morgan fingerprint density at radius 2 is 2.12 bits per heavy atom. The van der Waals surface area contributed by atoms with Gasteiger partial charge in [-0.2, -0.15) is 5.10 Å². The number of rotatable bonds is 10. The van der Waals surface area contributed by atoms with Crippen LogP contribution in [0.5, 0.6) is 0 Å². The Labute approximate surface area is 152 Å².